The monoisotopic (exact) mass is 444 g/mol. The first-order valence-electron chi connectivity index (χ1n) is 9.26. The van der Waals surface area contributed by atoms with Crippen molar-refractivity contribution in [3.05, 3.63) is 70.4 Å². The van der Waals surface area contributed by atoms with Crippen LogP contribution in [0.25, 0.3) is 11.3 Å². The summed E-state index contributed by atoms with van der Waals surface area (Å²) >= 11 is 11.1. The molecular formula is C22H21ClN2O4S. The lowest BCUT2D eigenvalue weighted by Gasteiger charge is -2.15. The Labute approximate surface area is 185 Å². The maximum atomic E-state index is 12.5. The molecule has 0 aliphatic heterocycles. The number of benzene rings is 2. The van der Waals surface area contributed by atoms with Crippen molar-refractivity contribution in [2.45, 2.75) is 33.5 Å². The molecular weight excluding hydrogens is 424 g/mol. The highest BCUT2D eigenvalue weighted by Crippen LogP contribution is 2.32. The van der Waals surface area contributed by atoms with E-state index in [1.54, 1.807) is 26.8 Å². The Hall–Kier alpha value is -2.90. The van der Waals surface area contributed by atoms with Crippen molar-refractivity contribution in [1.82, 2.24) is 5.16 Å². The minimum absolute atomic E-state index is 0.391. The van der Waals surface area contributed by atoms with Gasteiger partial charge >= 0.3 is 6.09 Å². The lowest BCUT2D eigenvalue weighted by Crippen LogP contribution is -2.17. The highest BCUT2D eigenvalue weighted by molar-refractivity contribution is 7.80. The Bertz CT molecular complexity index is 1050. The van der Waals surface area contributed by atoms with Crippen LogP contribution in [0, 0.1) is 6.92 Å². The van der Waals surface area contributed by atoms with Gasteiger partial charge < -0.3 is 14.0 Å². The van der Waals surface area contributed by atoms with Crippen LogP contribution in [0.3, 0.4) is 0 Å². The predicted octanol–water partition coefficient (Wildman–Crippen LogP) is 6.48. The number of aryl methyl sites for hydroxylation is 1. The van der Waals surface area contributed by atoms with Gasteiger partial charge in [-0.15, -0.1) is 0 Å². The number of carbonyl (C=O) groups is 1. The smallest absolute Gasteiger partial charge is 0.412 e. The van der Waals surface area contributed by atoms with Gasteiger partial charge in [0.15, 0.2) is 10.8 Å². The molecule has 3 rings (SSSR count). The fourth-order valence-corrected chi connectivity index (χ4v) is 3.16. The van der Waals surface area contributed by atoms with Crippen LogP contribution in [0.2, 0.25) is 5.02 Å². The topological polar surface area (TPSA) is 73.6 Å². The van der Waals surface area contributed by atoms with Crippen LogP contribution >= 0.6 is 23.8 Å². The Morgan fingerprint density at radius 2 is 1.93 bits per heavy atom. The molecule has 1 amide bonds. The van der Waals surface area contributed by atoms with Gasteiger partial charge in [-0.25, -0.2) is 4.79 Å². The van der Waals surface area contributed by atoms with Crippen LogP contribution in [0.4, 0.5) is 10.5 Å². The Morgan fingerprint density at radius 3 is 2.60 bits per heavy atom. The highest BCUT2D eigenvalue weighted by atomic mass is 35.5. The maximum absolute atomic E-state index is 12.5. The molecule has 1 heterocycles. The molecule has 3 aromatic rings. The number of nitrogens with zero attached hydrogens (tertiary/aromatic N) is 1. The van der Waals surface area contributed by atoms with Crippen molar-refractivity contribution in [2.75, 3.05) is 5.32 Å². The molecule has 30 heavy (non-hydrogen) atoms. The van der Waals surface area contributed by atoms with E-state index in [2.05, 4.69) is 10.5 Å². The zero-order valence-electron chi connectivity index (χ0n) is 16.8. The Balaban J connectivity index is 1.72. The molecule has 0 saturated heterocycles. The van der Waals surface area contributed by atoms with E-state index >= 15 is 0 Å². The van der Waals surface area contributed by atoms with Crippen LogP contribution in [0.1, 0.15) is 36.8 Å². The molecule has 1 N–H and O–H groups in total. The third-order valence-electron chi connectivity index (χ3n) is 4.38. The zero-order valence-corrected chi connectivity index (χ0v) is 18.3. The number of amides is 1. The second-order valence-corrected chi connectivity index (χ2v) is 7.63. The van der Waals surface area contributed by atoms with Crippen molar-refractivity contribution < 1.29 is 18.8 Å². The van der Waals surface area contributed by atoms with Crippen molar-refractivity contribution in [2.24, 2.45) is 0 Å². The number of aromatic nitrogens is 1. The minimum atomic E-state index is -0.628. The molecule has 0 aliphatic rings. The molecule has 6 nitrogen and oxygen atoms in total. The van der Waals surface area contributed by atoms with Gasteiger partial charge in [0.25, 0.3) is 0 Å². The molecule has 156 valence electrons. The summed E-state index contributed by atoms with van der Waals surface area (Å²) < 4.78 is 16.3. The van der Waals surface area contributed by atoms with Crippen LogP contribution in [0.5, 0.6) is 0 Å². The molecule has 1 unspecified atom stereocenters. The minimum Gasteiger partial charge on any atom is -0.483 e. The molecule has 0 spiro atoms. The van der Waals surface area contributed by atoms with Crippen molar-refractivity contribution in [1.29, 1.82) is 0 Å². The molecule has 0 saturated carbocycles. The lowest BCUT2D eigenvalue weighted by molar-refractivity contribution is 0.121. The third-order valence-corrected chi connectivity index (χ3v) is 4.84. The standard InChI is InChI=1S/C22H21ClN2O4S/c1-13-20(24-22(26)28-14(2)18-6-4-5-7-19(18)23)21(29-25-13)17-10-8-16(9-11-17)12-27-15(3)30/h4-11,14H,12H2,1-3H3,(H,24,26). The Morgan fingerprint density at radius 1 is 1.23 bits per heavy atom. The van der Waals surface area contributed by atoms with Crippen LogP contribution in [0.15, 0.2) is 53.1 Å². The maximum Gasteiger partial charge on any atom is 0.412 e. The zero-order chi connectivity index (χ0) is 21.7. The second kappa shape index (κ2) is 9.73. The first-order valence-corrected chi connectivity index (χ1v) is 10.0. The van der Waals surface area contributed by atoms with Gasteiger partial charge in [0.2, 0.25) is 0 Å². The molecule has 1 aromatic heterocycles. The summed E-state index contributed by atoms with van der Waals surface area (Å²) in [4.78, 5) is 12.5. The number of rotatable bonds is 6. The van der Waals surface area contributed by atoms with Crippen molar-refractivity contribution in [3.63, 3.8) is 0 Å². The van der Waals surface area contributed by atoms with Crippen LogP contribution in [-0.2, 0) is 16.1 Å². The molecule has 0 aliphatic carbocycles. The normalized spacial score (nSPS) is 11.6. The van der Waals surface area contributed by atoms with E-state index in [0.717, 1.165) is 16.7 Å². The van der Waals surface area contributed by atoms with E-state index in [4.69, 9.17) is 37.8 Å². The molecule has 8 heteroatoms. The van der Waals surface area contributed by atoms with E-state index in [1.165, 1.54) is 0 Å². The summed E-state index contributed by atoms with van der Waals surface area (Å²) in [6, 6.07) is 14.7. The summed E-state index contributed by atoms with van der Waals surface area (Å²) in [5.74, 6) is 0.438. The number of hydrogen-bond donors (Lipinski definition) is 1. The quantitative estimate of drug-likeness (QED) is 0.439. The summed E-state index contributed by atoms with van der Waals surface area (Å²) in [5, 5.41) is 7.72. The lowest BCUT2D eigenvalue weighted by atomic mass is 10.1. The van der Waals surface area contributed by atoms with Gasteiger partial charge in [0, 0.05) is 23.1 Å². The summed E-state index contributed by atoms with van der Waals surface area (Å²) in [6.45, 7) is 5.61. The molecule has 0 fully saturated rings. The molecule has 0 radical (unpaired) electrons. The fraction of sp³-hybridized carbons (Fsp3) is 0.227. The number of anilines is 1. The van der Waals surface area contributed by atoms with Crippen molar-refractivity contribution >= 4 is 40.7 Å². The van der Waals surface area contributed by atoms with Gasteiger partial charge in [-0.2, -0.15) is 0 Å². The van der Waals surface area contributed by atoms with Gasteiger partial charge in [0.1, 0.15) is 24.1 Å². The SMILES string of the molecule is CC(=S)OCc1ccc(-c2onc(C)c2NC(=O)OC(C)c2ccccc2Cl)cc1. The average molecular weight is 445 g/mol. The van der Waals surface area contributed by atoms with Crippen LogP contribution < -0.4 is 5.32 Å². The molecule has 1 atom stereocenters. The van der Waals surface area contributed by atoms with E-state index in [0.29, 0.717) is 33.8 Å². The van der Waals surface area contributed by atoms with E-state index in [1.807, 2.05) is 42.5 Å². The number of nitrogens with one attached hydrogen (secondary N) is 1. The first kappa shape index (κ1) is 21.8. The van der Waals surface area contributed by atoms with E-state index in [-0.39, 0.29) is 0 Å². The summed E-state index contributed by atoms with van der Waals surface area (Å²) in [7, 11) is 0. The largest absolute Gasteiger partial charge is 0.483 e. The third kappa shape index (κ3) is 5.37. The van der Waals surface area contributed by atoms with E-state index in [9.17, 15) is 4.79 Å². The van der Waals surface area contributed by atoms with Gasteiger partial charge in [-0.3, -0.25) is 5.32 Å². The van der Waals surface area contributed by atoms with Crippen molar-refractivity contribution in [3.8, 4) is 11.3 Å². The number of halogens is 1. The number of ether oxygens (including phenoxy) is 2. The summed E-state index contributed by atoms with van der Waals surface area (Å²) in [5.41, 5.74) is 3.43. The molecule has 2 aromatic carbocycles. The van der Waals surface area contributed by atoms with Gasteiger partial charge in [-0.1, -0.05) is 59.2 Å². The summed E-state index contributed by atoms with van der Waals surface area (Å²) in [6.07, 6.45) is -1.15. The number of thiocarbonyl (C=S) groups is 1. The van der Waals surface area contributed by atoms with Gasteiger partial charge in [-0.05, 0) is 37.7 Å². The highest BCUT2D eigenvalue weighted by Gasteiger charge is 2.20. The molecule has 0 bridgehead atoms. The number of hydrogen-bond acceptors (Lipinski definition) is 6. The first-order chi connectivity index (χ1) is 14.3. The fourth-order valence-electron chi connectivity index (χ4n) is 2.81. The predicted molar refractivity (Wildman–Crippen MR) is 120 cm³/mol. The van der Waals surface area contributed by atoms with Gasteiger partial charge in [0.05, 0.1) is 0 Å². The number of carbonyl (C=O) groups excluding carboxylic acids is 1. The Kier molecular flexibility index (Phi) is 7.07. The van der Waals surface area contributed by atoms with E-state index < -0.39 is 12.2 Å². The second-order valence-electron chi connectivity index (χ2n) is 6.64. The average Bonchev–Trinajstić information content (AvgIpc) is 3.07. The van der Waals surface area contributed by atoms with Crippen LogP contribution in [-0.4, -0.2) is 16.3 Å².